The maximum atomic E-state index is 2.46. The monoisotopic (exact) mass is 672 g/mol. The molecule has 0 radical (unpaired) electrons. The zero-order valence-electron chi connectivity index (χ0n) is 29.8. The smallest absolute Gasteiger partial charge is 0.0159 e. The summed E-state index contributed by atoms with van der Waals surface area (Å²) >= 11 is 0. The Morgan fingerprint density at radius 3 is 1.53 bits per heavy atom. The van der Waals surface area contributed by atoms with E-state index in [1.165, 1.54) is 109 Å². The predicted octanol–water partition coefficient (Wildman–Crippen LogP) is 14.8. The Morgan fingerprint density at radius 2 is 0.774 bits per heavy atom. The van der Waals surface area contributed by atoms with E-state index in [1.54, 1.807) is 0 Å². The molecule has 0 N–H and O–H groups in total. The van der Waals surface area contributed by atoms with Crippen molar-refractivity contribution < 1.29 is 0 Å². The van der Waals surface area contributed by atoms with E-state index in [0.717, 1.165) is 0 Å². The van der Waals surface area contributed by atoms with Crippen LogP contribution in [-0.4, -0.2) is 0 Å². The first-order valence-corrected chi connectivity index (χ1v) is 18.7. The lowest BCUT2D eigenvalue weighted by molar-refractivity contribution is 0.661. The van der Waals surface area contributed by atoms with Crippen molar-refractivity contribution in [2.45, 2.75) is 19.3 Å². The zero-order valence-corrected chi connectivity index (χ0v) is 29.8. The first kappa shape index (κ1) is 30.2. The van der Waals surface area contributed by atoms with E-state index in [9.17, 15) is 0 Å². The minimum atomic E-state index is -0.141. The van der Waals surface area contributed by atoms with Crippen LogP contribution in [0.3, 0.4) is 0 Å². The maximum absolute atomic E-state index is 2.46. The summed E-state index contributed by atoms with van der Waals surface area (Å²) < 4.78 is 0. The maximum Gasteiger partial charge on any atom is 0.0159 e. The fourth-order valence-corrected chi connectivity index (χ4v) is 9.36. The van der Waals surface area contributed by atoms with Gasteiger partial charge in [-0.25, -0.2) is 0 Å². The highest BCUT2D eigenvalue weighted by Crippen LogP contribution is 2.51. The first-order chi connectivity index (χ1) is 26.0. The van der Waals surface area contributed by atoms with Crippen LogP contribution in [0.25, 0.3) is 98.4 Å². The summed E-state index contributed by atoms with van der Waals surface area (Å²) in [6, 6.07) is 67.9. The van der Waals surface area contributed by atoms with Crippen LogP contribution >= 0.6 is 0 Å². The number of rotatable bonds is 3. The van der Waals surface area contributed by atoms with E-state index in [4.69, 9.17) is 0 Å². The minimum Gasteiger partial charge on any atom is -0.0616 e. The zero-order chi connectivity index (χ0) is 35.3. The Morgan fingerprint density at radius 1 is 0.283 bits per heavy atom. The molecule has 1 aliphatic rings. The molecule has 53 heavy (non-hydrogen) atoms. The van der Waals surface area contributed by atoms with Gasteiger partial charge in [-0.1, -0.05) is 166 Å². The van der Waals surface area contributed by atoms with Gasteiger partial charge in [0, 0.05) is 5.41 Å². The fourth-order valence-electron chi connectivity index (χ4n) is 9.36. The van der Waals surface area contributed by atoms with Crippen molar-refractivity contribution in [3.8, 4) is 44.5 Å². The summed E-state index contributed by atoms with van der Waals surface area (Å²) in [6.07, 6.45) is 0. The van der Waals surface area contributed by atoms with Gasteiger partial charge in [-0.3, -0.25) is 0 Å². The van der Waals surface area contributed by atoms with Gasteiger partial charge in [-0.05, 0) is 140 Å². The van der Waals surface area contributed by atoms with Crippen molar-refractivity contribution in [3.63, 3.8) is 0 Å². The van der Waals surface area contributed by atoms with Gasteiger partial charge >= 0.3 is 0 Å². The summed E-state index contributed by atoms with van der Waals surface area (Å²) in [5.74, 6) is 0. The van der Waals surface area contributed by atoms with Gasteiger partial charge in [0.25, 0.3) is 0 Å². The second-order valence-corrected chi connectivity index (χ2v) is 15.3. The van der Waals surface area contributed by atoms with Crippen molar-refractivity contribution in [1.82, 2.24) is 0 Å². The van der Waals surface area contributed by atoms with Crippen LogP contribution in [0, 0.1) is 0 Å². The summed E-state index contributed by atoms with van der Waals surface area (Å²) in [7, 11) is 0. The minimum absolute atomic E-state index is 0.141. The van der Waals surface area contributed by atoms with Crippen molar-refractivity contribution in [3.05, 3.63) is 193 Å². The van der Waals surface area contributed by atoms with Crippen LogP contribution < -0.4 is 0 Å². The molecule has 10 aromatic rings. The lowest BCUT2D eigenvalue weighted by Gasteiger charge is -2.23. The Bertz CT molecular complexity index is 3140. The van der Waals surface area contributed by atoms with Crippen LogP contribution in [0.1, 0.15) is 25.0 Å². The third kappa shape index (κ3) is 4.49. The Labute approximate surface area is 309 Å². The Balaban J connectivity index is 1.01. The molecule has 0 amide bonds. The van der Waals surface area contributed by atoms with Crippen LogP contribution in [0.4, 0.5) is 0 Å². The molecule has 0 nitrogen and oxygen atoms in total. The van der Waals surface area contributed by atoms with Gasteiger partial charge < -0.3 is 0 Å². The van der Waals surface area contributed by atoms with Crippen LogP contribution in [0.5, 0.6) is 0 Å². The van der Waals surface area contributed by atoms with Gasteiger partial charge in [0.15, 0.2) is 0 Å². The number of fused-ring (bicyclic) bond motifs is 11. The molecule has 0 aliphatic heterocycles. The first-order valence-electron chi connectivity index (χ1n) is 18.7. The number of hydrogen-bond donors (Lipinski definition) is 0. The highest BCUT2D eigenvalue weighted by molar-refractivity contribution is 6.23. The Hall–Kier alpha value is -6.50. The third-order valence-electron chi connectivity index (χ3n) is 12.0. The molecule has 0 saturated carbocycles. The van der Waals surface area contributed by atoms with E-state index in [2.05, 4.69) is 196 Å². The molecule has 0 heteroatoms. The van der Waals surface area contributed by atoms with E-state index >= 15 is 0 Å². The average molecular weight is 673 g/mol. The lowest BCUT2D eigenvalue weighted by Crippen LogP contribution is -2.15. The van der Waals surface area contributed by atoms with Gasteiger partial charge in [-0.2, -0.15) is 0 Å². The van der Waals surface area contributed by atoms with E-state index in [1.807, 2.05) is 0 Å². The van der Waals surface area contributed by atoms with Crippen molar-refractivity contribution >= 4 is 53.9 Å². The summed E-state index contributed by atoms with van der Waals surface area (Å²) in [6.45, 7) is 4.79. The van der Waals surface area contributed by atoms with Gasteiger partial charge in [0.05, 0.1) is 0 Å². The third-order valence-corrected chi connectivity index (χ3v) is 12.0. The predicted molar refractivity (Wildman–Crippen MR) is 228 cm³/mol. The van der Waals surface area contributed by atoms with Gasteiger partial charge in [0.1, 0.15) is 0 Å². The van der Waals surface area contributed by atoms with Crippen molar-refractivity contribution in [2.24, 2.45) is 0 Å². The van der Waals surface area contributed by atoms with Crippen LogP contribution in [0.15, 0.2) is 182 Å². The van der Waals surface area contributed by atoms with Crippen molar-refractivity contribution in [1.29, 1.82) is 0 Å². The molecule has 10 aromatic carbocycles. The van der Waals surface area contributed by atoms with Gasteiger partial charge in [0.2, 0.25) is 0 Å². The summed E-state index contributed by atoms with van der Waals surface area (Å²) in [5, 5.41) is 13.0. The molecule has 11 rings (SSSR count). The summed E-state index contributed by atoms with van der Waals surface area (Å²) in [5.41, 5.74) is 12.9. The average Bonchev–Trinajstić information content (AvgIpc) is 3.44. The number of hydrogen-bond acceptors (Lipinski definition) is 0. The molecule has 0 aromatic heterocycles. The van der Waals surface area contributed by atoms with E-state index < -0.39 is 0 Å². The molecule has 248 valence electrons. The topological polar surface area (TPSA) is 0 Å². The molecule has 0 bridgehead atoms. The molecular formula is C53H36. The normalized spacial score (nSPS) is 13.2. The fraction of sp³-hybridized carbons (Fsp3) is 0.0566. The molecule has 0 heterocycles. The molecular weight excluding hydrogens is 637 g/mol. The highest BCUT2D eigenvalue weighted by atomic mass is 14.4. The molecule has 0 atom stereocenters. The quantitative estimate of drug-likeness (QED) is 0.164. The largest absolute Gasteiger partial charge is 0.0616 e. The molecule has 0 unspecified atom stereocenters. The second-order valence-electron chi connectivity index (χ2n) is 15.3. The summed E-state index contributed by atoms with van der Waals surface area (Å²) in [4.78, 5) is 0. The van der Waals surface area contributed by atoms with Gasteiger partial charge in [-0.15, -0.1) is 0 Å². The van der Waals surface area contributed by atoms with E-state index in [0.29, 0.717) is 0 Å². The SMILES string of the molecule is CC1(C)c2cc(-c3cccc(-c4cc5ccc6ccccc6c5c5ccccc45)c3)ccc2-c2ccc(-c3cc4ccccc4c4ccccc34)cc21. The number of benzene rings is 10. The van der Waals surface area contributed by atoms with Crippen molar-refractivity contribution in [2.75, 3.05) is 0 Å². The lowest BCUT2D eigenvalue weighted by atomic mass is 9.80. The molecule has 0 saturated heterocycles. The molecule has 0 spiro atoms. The Kier molecular flexibility index (Phi) is 6.40. The van der Waals surface area contributed by atoms with E-state index in [-0.39, 0.29) is 5.41 Å². The molecule has 1 aliphatic carbocycles. The van der Waals surface area contributed by atoms with Crippen LogP contribution in [-0.2, 0) is 5.41 Å². The van der Waals surface area contributed by atoms with Crippen LogP contribution in [0.2, 0.25) is 0 Å². The highest BCUT2D eigenvalue weighted by Gasteiger charge is 2.36. The standard InChI is InChI=1S/C53H36/c1-53(2)50-31-35(24-26-45(50)46-27-25-38(32-51(46)53)48-29-37-13-4-5-16-40(37)42-18-7-8-19-43(42)48)34-14-11-15-36(28-34)49-30-39-23-22-33-12-3-6-17-41(33)52(39)47-21-10-9-20-44(47)49/h3-32H,1-2H3. The second kappa shape index (κ2) is 11.2. The molecule has 0 fully saturated rings.